The fourth-order valence-corrected chi connectivity index (χ4v) is 1.08. The van der Waals surface area contributed by atoms with Crippen LogP contribution in [0.15, 0.2) is 29.0 Å². The number of carbonyl (C=O) groups is 1. The first-order valence-corrected chi connectivity index (χ1v) is 5.74. The number of carbonyl (C=O) groups excluding carboxylic acids is 1. The molecule has 0 spiro atoms. The van der Waals surface area contributed by atoms with Gasteiger partial charge in [-0.25, -0.2) is 0 Å². The van der Waals surface area contributed by atoms with Crippen molar-refractivity contribution in [2.75, 3.05) is 12.9 Å². The van der Waals surface area contributed by atoms with Gasteiger partial charge in [-0.1, -0.05) is 5.16 Å². The van der Waals surface area contributed by atoms with E-state index in [0.29, 0.717) is 0 Å². The molecule has 0 heterocycles. The van der Waals surface area contributed by atoms with Crippen LogP contribution in [0.2, 0.25) is 0 Å². The largest absolute Gasteiger partial charge is 0.392 e. The van der Waals surface area contributed by atoms with Crippen LogP contribution in [0.4, 0.5) is 0 Å². The van der Waals surface area contributed by atoms with E-state index in [0.717, 1.165) is 6.26 Å². The van der Waals surface area contributed by atoms with E-state index < -0.39 is 16.7 Å². The van der Waals surface area contributed by atoms with Crippen LogP contribution in [0.25, 0.3) is 0 Å². The molecule has 1 aliphatic carbocycles. The smallest absolute Gasteiger partial charge is 0.325 e. The Morgan fingerprint density at radius 1 is 1.47 bits per heavy atom. The van der Waals surface area contributed by atoms with Crippen molar-refractivity contribution in [1.82, 2.24) is 0 Å². The molecule has 0 fully saturated rings. The van der Waals surface area contributed by atoms with Crippen LogP contribution in [0.1, 0.15) is 0 Å². The average Bonchev–Trinajstić information content (AvgIpc) is 2.15. The minimum atomic E-state index is -3.66. The highest BCUT2D eigenvalue weighted by molar-refractivity contribution is 7.85. The van der Waals surface area contributed by atoms with Crippen LogP contribution >= 0.6 is 0 Å². The minimum Gasteiger partial charge on any atom is -0.392 e. The molecular weight excluding hydrogens is 222 g/mol. The summed E-state index contributed by atoms with van der Waals surface area (Å²) in [5.41, 5.74) is 0.289. The lowest BCUT2D eigenvalue weighted by Crippen LogP contribution is -2.11. The molecule has 1 rings (SSSR count). The summed E-state index contributed by atoms with van der Waals surface area (Å²) in [6.07, 6.45) is 4.58. The Labute approximate surface area is 86.7 Å². The van der Waals surface area contributed by atoms with E-state index in [1.165, 1.54) is 18.2 Å². The number of rotatable bonds is 3. The molecule has 0 unspecified atom stereocenters. The van der Waals surface area contributed by atoms with Gasteiger partial charge in [0.25, 0.3) is 0 Å². The molecule has 0 aromatic rings. The van der Waals surface area contributed by atoms with Gasteiger partial charge in [-0.2, -0.15) is 8.42 Å². The van der Waals surface area contributed by atoms with Crippen molar-refractivity contribution < 1.29 is 22.6 Å². The van der Waals surface area contributed by atoms with Crippen molar-refractivity contribution in [2.45, 2.75) is 0 Å². The Hall–Kier alpha value is -1.47. The standard InChI is InChI=1S/C8H9NO5S/c1-15(12,13)14-9-7-2-3-8(11)6(4-7)5-10/h2-4,10H,5H2,1H3/b9-7+. The lowest BCUT2D eigenvalue weighted by atomic mass is 10.0. The van der Waals surface area contributed by atoms with Crippen LogP contribution in [0.5, 0.6) is 0 Å². The van der Waals surface area contributed by atoms with E-state index in [1.54, 1.807) is 0 Å². The minimum absolute atomic E-state index is 0.133. The third-order valence-electron chi connectivity index (χ3n) is 1.49. The molecule has 0 saturated heterocycles. The van der Waals surface area contributed by atoms with Gasteiger partial charge in [-0.15, -0.1) is 0 Å². The summed E-state index contributed by atoms with van der Waals surface area (Å²) in [4.78, 5) is 11.0. The molecule has 0 amide bonds. The SMILES string of the molecule is CS(=O)(=O)O/N=C1\C=CC(=O)C(CO)=C1. The molecule has 0 atom stereocenters. The number of ketones is 1. The maximum Gasteiger partial charge on any atom is 0.325 e. The van der Waals surface area contributed by atoms with E-state index in [2.05, 4.69) is 9.44 Å². The number of hydrogen-bond acceptors (Lipinski definition) is 6. The number of allylic oxidation sites excluding steroid dienone is 3. The molecule has 0 saturated carbocycles. The van der Waals surface area contributed by atoms with Crippen molar-refractivity contribution in [3.05, 3.63) is 23.8 Å². The first-order chi connectivity index (χ1) is 6.92. The molecule has 1 N–H and O–H groups in total. The molecular formula is C8H9NO5S. The van der Waals surface area contributed by atoms with Gasteiger partial charge in [0, 0.05) is 5.57 Å². The molecule has 82 valence electrons. The zero-order valence-electron chi connectivity index (χ0n) is 7.87. The van der Waals surface area contributed by atoms with Crippen molar-refractivity contribution in [3.8, 4) is 0 Å². The van der Waals surface area contributed by atoms with Gasteiger partial charge in [0.15, 0.2) is 5.78 Å². The maximum atomic E-state index is 11.0. The Bertz CT molecular complexity index is 457. The fraction of sp³-hybridized carbons (Fsp3) is 0.250. The van der Waals surface area contributed by atoms with E-state index in [9.17, 15) is 13.2 Å². The monoisotopic (exact) mass is 231 g/mol. The molecule has 7 heteroatoms. The Morgan fingerprint density at radius 2 is 2.13 bits per heavy atom. The lowest BCUT2D eigenvalue weighted by Gasteiger charge is -2.04. The molecule has 0 aromatic heterocycles. The van der Waals surface area contributed by atoms with E-state index in [4.69, 9.17) is 5.11 Å². The predicted octanol–water partition coefficient (Wildman–Crippen LogP) is -0.624. The quantitative estimate of drug-likeness (QED) is 0.516. The number of nitrogens with zero attached hydrogens (tertiary/aromatic N) is 1. The van der Waals surface area contributed by atoms with Gasteiger partial charge in [0.05, 0.1) is 12.9 Å². The van der Waals surface area contributed by atoms with Crippen molar-refractivity contribution in [2.24, 2.45) is 5.16 Å². The third-order valence-corrected chi connectivity index (χ3v) is 1.84. The summed E-state index contributed by atoms with van der Waals surface area (Å²) in [5, 5.41) is 12.1. The van der Waals surface area contributed by atoms with Crippen LogP contribution in [0.3, 0.4) is 0 Å². The first-order valence-electron chi connectivity index (χ1n) is 3.93. The highest BCUT2D eigenvalue weighted by Crippen LogP contribution is 2.06. The van der Waals surface area contributed by atoms with Crippen LogP contribution < -0.4 is 0 Å². The van der Waals surface area contributed by atoms with Gasteiger partial charge in [-0.3, -0.25) is 9.08 Å². The Kier molecular flexibility index (Phi) is 3.38. The molecule has 0 radical (unpaired) electrons. The van der Waals surface area contributed by atoms with Gasteiger partial charge in [0.2, 0.25) is 0 Å². The van der Waals surface area contributed by atoms with E-state index in [-0.39, 0.29) is 17.1 Å². The molecule has 15 heavy (non-hydrogen) atoms. The Balaban J connectivity index is 2.86. The summed E-state index contributed by atoms with van der Waals surface area (Å²) in [7, 11) is -3.66. The third kappa shape index (κ3) is 3.64. The molecule has 0 aliphatic heterocycles. The van der Waals surface area contributed by atoms with E-state index in [1.807, 2.05) is 0 Å². The Morgan fingerprint density at radius 3 is 2.67 bits per heavy atom. The maximum absolute atomic E-state index is 11.0. The zero-order valence-corrected chi connectivity index (χ0v) is 8.69. The number of aliphatic hydroxyl groups is 1. The number of oxime groups is 1. The second-order valence-electron chi connectivity index (χ2n) is 2.82. The number of hydrogen-bond donors (Lipinski definition) is 1. The van der Waals surface area contributed by atoms with Crippen molar-refractivity contribution in [3.63, 3.8) is 0 Å². The number of aliphatic hydroxyl groups excluding tert-OH is 1. The van der Waals surface area contributed by atoms with Gasteiger partial charge >= 0.3 is 10.1 Å². The van der Waals surface area contributed by atoms with Crippen LogP contribution in [-0.2, 0) is 19.2 Å². The summed E-state index contributed by atoms with van der Waals surface area (Å²) in [5.74, 6) is -0.337. The van der Waals surface area contributed by atoms with Gasteiger partial charge in [0.1, 0.15) is 5.71 Å². The highest BCUT2D eigenvalue weighted by Gasteiger charge is 2.11. The molecule has 1 aliphatic rings. The second kappa shape index (κ2) is 4.37. The highest BCUT2D eigenvalue weighted by atomic mass is 32.2. The van der Waals surface area contributed by atoms with Crippen molar-refractivity contribution in [1.29, 1.82) is 0 Å². The summed E-state index contributed by atoms with van der Waals surface area (Å²) >= 11 is 0. The van der Waals surface area contributed by atoms with Crippen molar-refractivity contribution >= 4 is 21.6 Å². The van der Waals surface area contributed by atoms with E-state index >= 15 is 0 Å². The van der Waals surface area contributed by atoms with Gasteiger partial charge in [-0.05, 0) is 18.2 Å². The van der Waals surface area contributed by atoms with Crippen LogP contribution in [0, 0.1) is 0 Å². The first kappa shape index (κ1) is 11.6. The zero-order chi connectivity index (χ0) is 11.5. The molecule has 0 aromatic carbocycles. The normalized spacial score (nSPS) is 19.2. The fourth-order valence-electron chi connectivity index (χ4n) is 0.857. The second-order valence-corrected chi connectivity index (χ2v) is 4.38. The van der Waals surface area contributed by atoms with Crippen LogP contribution in [-0.4, -0.2) is 37.9 Å². The topological polar surface area (TPSA) is 93.0 Å². The summed E-state index contributed by atoms with van der Waals surface area (Å²) in [6, 6.07) is 0. The molecule has 0 bridgehead atoms. The summed E-state index contributed by atoms with van der Waals surface area (Å²) < 4.78 is 25.4. The molecule has 6 nitrogen and oxygen atoms in total. The average molecular weight is 231 g/mol. The lowest BCUT2D eigenvalue weighted by molar-refractivity contribution is -0.111. The summed E-state index contributed by atoms with van der Waals surface area (Å²) in [6.45, 7) is -0.429. The van der Waals surface area contributed by atoms with Gasteiger partial charge < -0.3 is 5.11 Å². The predicted molar refractivity (Wildman–Crippen MR) is 52.7 cm³/mol.